The maximum atomic E-state index is 9.84. The van der Waals surface area contributed by atoms with Crippen LogP contribution >= 0.6 is 0 Å². The number of rotatable bonds is 3. The third-order valence-corrected chi connectivity index (χ3v) is 3.68. The second kappa shape index (κ2) is 5.58. The molecule has 2 rings (SSSR count). The van der Waals surface area contributed by atoms with Crippen molar-refractivity contribution in [3.8, 4) is 11.5 Å². The number of benzene rings is 2. The molecule has 2 nitrogen and oxygen atoms in total. The van der Waals surface area contributed by atoms with E-state index in [4.69, 9.17) is 4.74 Å². The Morgan fingerprint density at radius 2 is 1.20 bits per heavy atom. The third-order valence-electron chi connectivity index (χ3n) is 3.68. The Balaban J connectivity index is 2.35. The molecular weight excluding hydrogens is 248 g/mol. The molecule has 2 aromatic carbocycles. The maximum absolute atomic E-state index is 9.84. The number of phenolic OH excluding ortho intramolecular Hbond substituents is 1. The molecule has 0 fully saturated rings. The van der Waals surface area contributed by atoms with Crippen LogP contribution in [0, 0.1) is 27.7 Å². The molecule has 2 heteroatoms. The van der Waals surface area contributed by atoms with Crippen molar-refractivity contribution in [1.29, 1.82) is 0 Å². The van der Waals surface area contributed by atoms with Crippen molar-refractivity contribution < 1.29 is 9.84 Å². The van der Waals surface area contributed by atoms with Gasteiger partial charge >= 0.3 is 0 Å². The number of hydrogen-bond acceptors (Lipinski definition) is 2. The zero-order valence-corrected chi connectivity index (χ0v) is 12.9. The summed E-state index contributed by atoms with van der Waals surface area (Å²) in [6, 6.07) is 8.45. The van der Waals surface area contributed by atoms with E-state index in [9.17, 15) is 5.11 Å². The van der Waals surface area contributed by atoms with E-state index in [1.807, 2.05) is 13.8 Å². The monoisotopic (exact) mass is 270 g/mol. The molecule has 20 heavy (non-hydrogen) atoms. The molecule has 0 aliphatic heterocycles. The Kier molecular flexibility index (Phi) is 4.03. The van der Waals surface area contributed by atoms with Crippen LogP contribution < -0.4 is 4.74 Å². The van der Waals surface area contributed by atoms with Crippen LogP contribution in [0.25, 0.3) is 0 Å². The van der Waals surface area contributed by atoms with Crippen molar-refractivity contribution >= 4 is 0 Å². The molecule has 106 valence electrons. The number of hydrogen-bond donors (Lipinski definition) is 1. The van der Waals surface area contributed by atoms with Gasteiger partial charge in [-0.3, -0.25) is 0 Å². The van der Waals surface area contributed by atoms with Crippen molar-refractivity contribution in [2.24, 2.45) is 0 Å². The highest BCUT2D eigenvalue weighted by Crippen LogP contribution is 2.28. The summed E-state index contributed by atoms with van der Waals surface area (Å²) in [5, 5.41) is 9.84. The minimum Gasteiger partial charge on any atom is -0.507 e. The average molecular weight is 270 g/mol. The van der Waals surface area contributed by atoms with Gasteiger partial charge in [0, 0.05) is 0 Å². The average Bonchev–Trinajstić information content (AvgIpc) is 2.35. The molecule has 0 unspecified atom stereocenters. The molecule has 0 bridgehead atoms. The predicted octanol–water partition coefficient (Wildman–Crippen LogP) is 4.23. The van der Waals surface area contributed by atoms with Gasteiger partial charge < -0.3 is 9.84 Å². The van der Waals surface area contributed by atoms with Gasteiger partial charge in [0.1, 0.15) is 11.5 Å². The van der Waals surface area contributed by atoms with E-state index < -0.39 is 0 Å². The van der Waals surface area contributed by atoms with Crippen LogP contribution in [0.5, 0.6) is 11.5 Å². The Bertz CT molecular complexity index is 596. The summed E-state index contributed by atoms with van der Waals surface area (Å²) in [7, 11) is 1.71. The minimum atomic E-state index is 0.399. The minimum absolute atomic E-state index is 0.399. The number of aromatic hydroxyl groups is 1. The Labute approximate surface area is 121 Å². The highest BCUT2D eigenvalue weighted by Gasteiger charge is 2.08. The van der Waals surface area contributed by atoms with Gasteiger partial charge in [-0.05, 0) is 67.5 Å². The first-order valence-electron chi connectivity index (χ1n) is 6.85. The van der Waals surface area contributed by atoms with Crippen LogP contribution in [-0.4, -0.2) is 12.2 Å². The SMILES string of the molecule is COc1c(C)cc(Cc2cc(C)c(O)c(C)c2)cc1C. The Morgan fingerprint density at radius 3 is 1.60 bits per heavy atom. The summed E-state index contributed by atoms with van der Waals surface area (Å²) in [5.74, 6) is 1.36. The van der Waals surface area contributed by atoms with Crippen molar-refractivity contribution in [1.82, 2.24) is 0 Å². The fourth-order valence-electron chi connectivity index (χ4n) is 2.85. The van der Waals surface area contributed by atoms with E-state index in [1.54, 1.807) is 7.11 Å². The van der Waals surface area contributed by atoms with E-state index in [0.29, 0.717) is 5.75 Å². The second-order valence-corrected chi connectivity index (χ2v) is 5.52. The first kappa shape index (κ1) is 14.4. The number of phenols is 1. The van der Waals surface area contributed by atoms with Gasteiger partial charge in [0.15, 0.2) is 0 Å². The van der Waals surface area contributed by atoms with Gasteiger partial charge in [-0.2, -0.15) is 0 Å². The number of aryl methyl sites for hydroxylation is 4. The van der Waals surface area contributed by atoms with Crippen LogP contribution in [0.15, 0.2) is 24.3 Å². The second-order valence-electron chi connectivity index (χ2n) is 5.52. The molecule has 0 radical (unpaired) electrons. The van der Waals surface area contributed by atoms with Crippen molar-refractivity contribution in [2.75, 3.05) is 7.11 Å². The van der Waals surface area contributed by atoms with Crippen molar-refractivity contribution in [3.05, 3.63) is 57.6 Å². The summed E-state index contributed by atoms with van der Waals surface area (Å²) >= 11 is 0. The molecule has 0 heterocycles. The van der Waals surface area contributed by atoms with Gasteiger partial charge in [-0.1, -0.05) is 24.3 Å². The molecule has 0 atom stereocenters. The summed E-state index contributed by atoms with van der Waals surface area (Å²) in [4.78, 5) is 0. The highest BCUT2D eigenvalue weighted by molar-refractivity contribution is 5.47. The first-order chi connectivity index (χ1) is 9.42. The summed E-state index contributed by atoms with van der Waals surface area (Å²) in [6.07, 6.45) is 0.869. The third kappa shape index (κ3) is 2.79. The quantitative estimate of drug-likeness (QED) is 0.904. The zero-order chi connectivity index (χ0) is 14.9. The topological polar surface area (TPSA) is 29.5 Å². The van der Waals surface area contributed by atoms with Gasteiger partial charge in [-0.15, -0.1) is 0 Å². The fourth-order valence-corrected chi connectivity index (χ4v) is 2.85. The fraction of sp³-hybridized carbons (Fsp3) is 0.333. The normalized spacial score (nSPS) is 10.7. The molecule has 2 aromatic rings. The van der Waals surface area contributed by atoms with Crippen LogP contribution in [0.2, 0.25) is 0 Å². The van der Waals surface area contributed by atoms with Gasteiger partial charge in [0.05, 0.1) is 7.11 Å². The van der Waals surface area contributed by atoms with Crippen LogP contribution in [0.1, 0.15) is 33.4 Å². The summed E-state index contributed by atoms with van der Waals surface area (Å²) < 4.78 is 5.40. The van der Waals surface area contributed by atoms with E-state index in [2.05, 4.69) is 38.1 Å². The molecule has 0 saturated heterocycles. The zero-order valence-electron chi connectivity index (χ0n) is 12.9. The smallest absolute Gasteiger partial charge is 0.124 e. The van der Waals surface area contributed by atoms with Crippen LogP contribution in [0.4, 0.5) is 0 Å². The van der Waals surface area contributed by atoms with Gasteiger partial charge in [0.25, 0.3) is 0 Å². The molecule has 0 aliphatic carbocycles. The van der Waals surface area contributed by atoms with Gasteiger partial charge in [0.2, 0.25) is 0 Å². The molecule has 0 spiro atoms. The Hall–Kier alpha value is -1.96. The molecule has 0 aliphatic rings. The molecule has 0 aromatic heterocycles. The summed E-state index contributed by atoms with van der Waals surface area (Å²) in [6.45, 7) is 8.03. The van der Waals surface area contributed by atoms with E-state index in [1.165, 1.54) is 11.1 Å². The number of methoxy groups -OCH3 is 1. The predicted molar refractivity (Wildman–Crippen MR) is 82.9 cm³/mol. The largest absolute Gasteiger partial charge is 0.507 e. The van der Waals surface area contributed by atoms with Crippen molar-refractivity contribution in [3.63, 3.8) is 0 Å². The standard InChI is InChI=1S/C18H22O2/c1-11-6-15(7-12(2)17(11)19)10-16-8-13(3)18(20-5)14(4)9-16/h6-9,19H,10H2,1-5H3. The lowest BCUT2D eigenvalue weighted by molar-refractivity contribution is 0.408. The van der Waals surface area contributed by atoms with E-state index in [0.717, 1.165) is 34.4 Å². The number of ether oxygens (including phenoxy) is 1. The molecule has 0 saturated carbocycles. The maximum Gasteiger partial charge on any atom is 0.124 e. The lowest BCUT2D eigenvalue weighted by Crippen LogP contribution is -1.96. The van der Waals surface area contributed by atoms with Crippen LogP contribution in [0.3, 0.4) is 0 Å². The lowest BCUT2D eigenvalue weighted by Gasteiger charge is -2.12. The highest BCUT2D eigenvalue weighted by atomic mass is 16.5. The molecule has 1 N–H and O–H groups in total. The molecular formula is C18H22O2. The van der Waals surface area contributed by atoms with E-state index in [-0.39, 0.29) is 0 Å². The van der Waals surface area contributed by atoms with E-state index >= 15 is 0 Å². The lowest BCUT2D eigenvalue weighted by atomic mass is 9.97. The first-order valence-corrected chi connectivity index (χ1v) is 6.85. The summed E-state index contributed by atoms with van der Waals surface area (Å²) in [5.41, 5.74) is 6.68. The Morgan fingerprint density at radius 1 is 0.800 bits per heavy atom. The van der Waals surface area contributed by atoms with Crippen molar-refractivity contribution in [2.45, 2.75) is 34.1 Å². The van der Waals surface area contributed by atoms with Gasteiger partial charge in [-0.25, -0.2) is 0 Å². The van der Waals surface area contributed by atoms with Crippen LogP contribution in [-0.2, 0) is 6.42 Å². The molecule has 0 amide bonds.